The summed E-state index contributed by atoms with van der Waals surface area (Å²) in [6, 6.07) is 7.65. The lowest BCUT2D eigenvalue weighted by atomic mass is 10.0. The number of carbonyl (C=O) groups excluding carboxylic acids is 1. The number of aliphatic imine (C=N–C) groups is 1. The van der Waals surface area contributed by atoms with Crippen LogP contribution in [0.1, 0.15) is 35.1 Å². The van der Waals surface area contributed by atoms with Crippen LogP contribution in [0.3, 0.4) is 0 Å². The van der Waals surface area contributed by atoms with Crippen molar-refractivity contribution in [2.24, 2.45) is 4.99 Å². The Kier molecular flexibility index (Phi) is 6.49. The summed E-state index contributed by atoms with van der Waals surface area (Å²) in [7, 11) is 2.14. The summed E-state index contributed by atoms with van der Waals surface area (Å²) in [6.07, 6.45) is -4.39. The van der Waals surface area contributed by atoms with Gasteiger partial charge in [0, 0.05) is 30.6 Å². The van der Waals surface area contributed by atoms with E-state index in [1.165, 1.54) is 22.6 Å². The van der Waals surface area contributed by atoms with Gasteiger partial charge in [-0.3, -0.25) is 14.4 Å². The Morgan fingerprint density at radius 1 is 1.00 bits per heavy atom. The molecule has 2 saturated heterocycles. The molecular formula is C27H23F6N5OS. The first-order chi connectivity index (χ1) is 18.9. The number of hydrogen-bond acceptors (Lipinski definition) is 5. The third-order valence-corrected chi connectivity index (χ3v) is 8.80. The third kappa shape index (κ3) is 5.00. The van der Waals surface area contributed by atoms with E-state index < -0.39 is 23.5 Å². The topological polar surface area (TPSA) is 53.7 Å². The van der Waals surface area contributed by atoms with E-state index in [9.17, 15) is 31.1 Å². The SMILES string of the molecule is CN1C2CCC1CN(C1=NC(=O)/C(=C/c3ccc4c(cnn4Cc4ccc(C(F)(F)F)cc4C(F)(F)F)c3)S1)C2. The molecule has 2 aromatic carbocycles. The van der Waals surface area contributed by atoms with Crippen molar-refractivity contribution < 1.29 is 31.1 Å². The minimum Gasteiger partial charge on any atom is -0.348 e. The summed E-state index contributed by atoms with van der Waals surface area (Å²) in [5, 5.41) is 5.49. The molecule has 1 aromatic heterocycles. The molecule has 210 valence electrons. The van der Waals surface area contributed by atoms with E-state index in [2.05, 4.69) is 26.9 Å². The van der Waals surface area contributed by atoms with Crippen LogP contribution in [0.4, 0.5) is 26.3 Å². The number of aromatic nitrogens is 2. The molecule has 2 unspecified atom stereocenters. The highest BCUT2D eigenvalue weighted by Gasteiger charge is 2.40. The Morgan fingerprint density at radius 3 is 2.40 bits per heavy atom. The monoisotopic (exact) mass is 579 g/mol. The van der Waals surface area contributed by atoms with E-state index >= 15 is 0 Å². The zero-order valence-electron chi connectivity index (χ0n) is 21.1. The molecular weight excluding hydrogens is 556 g/mol. The van der Waals surface area contributed by atoms with Gasteiger partial charge in [-0.1, -0.05) is 12.1 Å². The highest BCUT2D eigenvalue weighted by Crippen LogP contribution is 2.38. The number of amides is 1. The lowest BCUT2D eigenvalue weighted by Gasteiger charge is -2.39. The molecule has 2 bridgehead atoms. The zero-order valence-corrected chi connectivity index (χ0v) is 21.9. The van der Waals surface area contributed by atoms with E-state index in [1.807, 2.05) is 0 Å². The van der Waals surface area contributed by atoms with Crippen molar-refractivity contribution in [3.63, 3.8) is 0 Å². The Bertz CT molecular complexity index is 1540. The summed E-state index contributed by atoms with van der Waals surface area (Å²) in [4.78, 5) is 22.0. The Hall–Kier alpha value is -3.32. The summed E-state index contributed by atoms with van der Waals surface area (Å²) >= 11 is 1.33. The number of thioether (sulfide) groups is 1. The molecule has 6 rings (SSSR count). The second-order valence-electron chi connectivity index (χ2n) is 10.3. The second kappa shape index (κ2) is 9.65. The summed E-state index contributed by atoms with van der Waals surface area (Å²) < 4.78 is 81.2. The molecule has 2 atom stereocenters. The maximum Gasteiger partial charge on any atom is 0.416 e. The van der Waals surface area contributed by atoms with Crippen LogP contribution in [-0.4, -0.2) is 62.9 Å². The van der Waals surface area contributed by atoms with Crippen LogP contribution < -0.4 is 0 Å². The van der Waals surface area contributed by atoms with Crippen LogP contribution in [-0.2, 0) is 23.7 Å². The van der Waals surface area contributed by atoms with Gasteiger partial charge in [0.05, 0.1) is 34.3 Å². The average Bonchev–Trinajstić information content (AvgIpc) is 3.49. The molecule has 3 aliphatic heterocycles. The number of hydrogen-bond donors (Lipinski definition) is 0. The highest BCUT2D eigenvalue weighted by molar-refractivity contribution is 8.18. The van der Waals surface area contributed by atoms with Crippen molar-refractivity contribution in [2.75, 3.05) is 20.1 Å². The maximum absolute atomic E-state index is 13.6. The van der Waals surface area contributed by atoms with Crippen molar-refractivity contribution in [1.29, 1.82) is 0 Å². The molecule has 1 amide bonds. The minimum absolute atomic E-state index is 0.130. The van der Waals surface area contributed by atoms with Gasteiger partial charge in [0.2, 0.25) is 0 Å². The maximum atomic E-state index is 13.6. The third-order valence-electron chi connectivity index (χ3n) is 7.75. The number of likely N-dealkylation sites (tertiary alicyclic amines) is 1. The second-order valence-corrected chi connectivity index (χ2v) is 11.3. The van der Waals surface area contributed by atoms with Crippen molar-refractivity contribution >= 4 is 39.8 Å². The standard InChI is InChI=1S/C27H23F6N5OS/c1-36-19-5-6-20(36)14-37(13-19)25-35-24(39)23(40-25)9-15-2-7-22-17(8-15)11-34-38(22)12-16-3-4-18(26(28,29)30)10-21(16)27(31,32)33/h2-4,7-11,19-20H,5-6,12-14H2,1H3/b23-9-. The van der Waals surface area contributed by atoms with Crippen LogP contribution in [0.5, 0.6) is 0 Å². The van der Waals surface area contributed by atoms with E-state index in [4.69, 9.17) is 0 Å². The number of halogens is 6. The first-order valence-corrected chi connectivity index (χ1v) is 13.4. The van der Waals surface area contributed by atoms with Gasteiger partial charge >= 0.3 is 12.4 Å². The van der Waals surface area contributed by atoms with Crippen molar-refractivity contribution in [3.8, 4) is 0 Å². The predicted molar refractivity (Wildman–Crippen MR) is 139 cm³/mol. The van der Waals surface area contributed by atoms with E-state index in [0.717, 1.165) is 32.0 Å². The fraction of sp³-hybridized carbons (Fsp3) is 0.370. The fourth-order valence-electron chi connectivity index (χ4n) is 5.59. The van der Waals surface area contributed by atoms with Gasteiger partial charge < -0.3 is 4.90 Å². The number of likely N-dealkylation sites (N-methyl/N-ethyl adjacent to an activating group) is 1. The number of amidine groups is 1. The van der Waals surface area contributed by atoms with Gasteiger partial charge in [-0.15, -0.1) is 0 Å². The van der Waals surface area contributed by atoms with E-state index in [-0.39, 0.29) is 24.1 Å². The summed E-state index contributed by atoms with van der Waals surface area (Å²) in [5.41, 5.74) is -1.84. The first kappa shape index (κ1) is 26.9. The molecule has 4 heterocycles. The molecule has 6 nitrogen and oxygen atoms in total. The van der Waals surface area contributed by atoms with Crippen LogP contribution in [0.25, 0.3) is 17.0 Å². The van der Waals surface area contributed by atoms with Gasteiger partial charge in [0.25, 0.3) is 5.91 Å². The number of nitrogens with zero attached hydrogens (tertiary/aromatic N) is 5. The molecule has 3 aromatic rings. The number of fused-ring (bicyclic) bond motifs is 3. The molecule has 40 heavy (non-hydrogen) atoms. The summed E-state index contributed by atoms with van der Waals surface area (Å²) in [6.45, 7) is 1.30. The Balaban J connectivity index is 1.21. The molecule has 2 fully saturated rings. The number of rotatable bonds is 3. The highest BCUT2D eigenvalue weighted by atomic mass is 32.2. The van der Waals surface area contributed by atoms with Gasteiger partial charge in [0.1, 0.15) is 0 Å². The molecule has 0 spiro atoms. The van der Waals surface area contributed by atoms with Gasteiger partial charge in [-0.25, -0.2) is 0 Å². The molecule has 0 N–H and O–H groups in total. The summed E-state index contributed by atoms with van der Waals surface area (Å²) in [5.74, 6) is -0.316. The van der Waals surface area contributed by atoms with Gasteiger partial charge in [0.15, 0.2) is 5.17 Å². The van der Waals surface area contributed by atoms with Crippen LogP contribution in [0.15, 0.2) is 52.5 Å². The number of piperazine rings is 1. The number of carbonyl (C=O) groups is 1. The van der Waals surface area contributed by atoms with Gasteiger partial charge in [-0.05, 0) is 73.1 Å². The van der Waals surface area contributed by atoms with Crippen LogP contribution in [0.2, 0.25) is 0 Å². The molecule has 3 aliphatic rings. The van der Waals surface area contributed by atoms with Crippen molar-refractivity contribution in [1.82, 2.24) is 19.6 Å². The van der Waals surface area contributed by atoms with E-state index in [1.54, 1.807) is 24.3 Å². The molecule has 0 saturated carbocycles. The Morgan fingerprint density at radius 2 is 1.73 bits per heavy atom. The normalized spacial score (nSPS) is 23.1. The first-order valence-electron chi connectivity index (χ1n) is 12.6. The van der Waals surface area contributed by atoms with Crippen molar-refractivity contribution in [3.05, 3.63) is 69.8 Å². The minimum atomic E-state index is -4.96. The van der Waals surface area contributed by atoms with Crippen molar-refractivity contribution in [2.45, 2.75) is 43.8 Å². The van der Waals surface area contributed by atoms with Crippen LogP contribution in [0, 0.1) is 0 Å². The number of alkyl halides is 6. The smallest absolute Gasteiger partial charge is 0.348 e. The zero-order chi connectivity index (χ0) is 28.4. The van der Waals surface area contributed by atoms with E-state index in [0.29, 0.717) is 44.7 Å². The largest absolute Gasteiger partial charge is 0.416 e. The lowest BCUT2D eigenvalue weighted by molar-refractivity contribution is -0.143. The fourth-order valence-corrected chi connectivity index (χ4v) is 6.52. The molecule has 0 aliphatic carbocycles. The van der Waals surface area contributed by atoms with Gasteiger partial charge in [-0.2, -0.15) is 36.4 Å². The van der Waals surface area contributed by atoms with Crippen LogP contribution >= 0.6 is 11.8 Å². The predicted octanol–water partition coefficient (Wildman–Crippen LogP) is 5.87. The quantitative estimate of drug-likeness (QED) is 0.287. The molecule has 0 radical (unpaired) electrons. The lowest BCUT2D eigenvalue weighted by Crippen LogP contribution is -2.52. The number of benzene rings is 2. The Labute approximate surface area is 229 Å². The molecule has 13 heteroatoms. The average molecular weight is 580 g/mol.